The van der Waals surface area contributed by atoms with Gasteiger partial charge in [-0.3, -0.25) is 0 Å². The Hall–Kier alpha value is -1.18. The van der Waals surface area contributed by atoms with Crippen LogP contribution in [0.1, 0.15) is 18.4 Å². The van der Waals surface area contributed by atoms with Gasteiger partial charge >= 0.3 is 0 Å². The second-order valence-corrected chi connectivity index (χ2v) is 6.03. The molecule has 0 radical (unpaired) electrons. The van der Waals surface area contributed by atoms with Crippen molar-refractivity contribution in [3.63, 3.8) is 0 Å². The molecule has 0 spiro atoms. The minimum absolute atomic E-state index is 0.288. The topological polar surface area (TPSA) is 12.0 Å². The van der Waals surface area contributed by atoms with Crippen molar-refractivity contribution >= 4 is 28.9 Å². The molecule has 0 bridgehead atoms. The molecule has 0 atom stereocenters. The maximum Gasteiger partial charge on any atom is 0.0441 e. The average molecular weight is 292 g/mol. The molecule has 2 aromatic rings. The van der Waals surface area contributed by atoms with Crippen LogP contribution in [-0.2, 0) is 5.41 Å². The van der Waals surface area contributed by atoms with E-state index in [4.69, 9.17) is 23.2 Å². The predicted molar refractivity (Wildman–Crippen MR) is 82.3 cm³/mol. The summed E-state index contributed by atoms with van der Waals surface area (Å²) in [5.74, 6) is 0. The highest BCUT2D eigenvalue weighted by Crippen LogP contribution is 2.48. The van der Waals surface area contributed by atoms with Crippen molar-refractivity contribution in [3.8, 4) is 0 Å². The van der Waals surface area contributed by atoms with E-state index in [-0.39, 0.29) is 5.41 Å². The predicted octanol–water partition coefficient (Wildman–Crippen LogP) is 5.14. The lowest BCUT2D eigenvalue weighted by molar-refractivity contribution is 0.733. The van der Waals surface area contributed by atoms with Crippen LogP contribution in [0.25, 0.3) is 0 Å². The van der Waals surface area contributed by atoms with Crippen molar-refractivity contribution < 1.29 is 0 Å². The molecule has 0 unspecified atom stereocenters. The Morgan fingerprint density at radius 3 is 2.16 bits per heavy atom. The average Bonchev–Trinajstić information content (AvgIpc) is 3.18. The quantitative estimate of drug-likeness (QED) is 0.823. The molecule has 0 aromatic heterocycles. The number of rotatable bonds is 4. The molecule has 1 aliphatic rings. The maximum atomic E-state index is 6.01. The summed E-state index contributed by atoms with van der Waals surface area (Å²) in [5, 5.41) is 4.79. The van der Waals surface area contributed by atoms with Crippen molar-refractivity contribution in [2.24, 2.45) is 0 Å². The molecular weight excluding hydrogens is 277 g/mol. The first-order chi connectivity index (χ1) is 9.18. The highest BCUT2D eigenvalue weighted by molar-refractivity contribution is 6.35. The van der Waals surface area contributed by atoms with Gasteiger partial charge in [0.25, 0.3) is 0 Å². The standard InChI is InChI=1S/C16H15Cl2N/c17-13-8-14(18)10-15(9-13)19-11-16(6-7-16)12-4-2-1-3-5-12/h1-5,8-10,19H,6-7,11H2. The highest BCUT2D eigenvalue weighted by atomic mass is 35.5. The van der Waals surface area contributed by atoms with Gasteiger partial charge in [-0.15, -0.1) is 0 Å². The molecule has 2 aromatic carbocycles. The third-order valence-electron chi connectivity index (χ3n) is 3.73. The molecule has 19 heavy (non-hydrogen) atoms. The second-order valence-electron chi connectivity index (χ2n) is 5.16. The Balaban J connectivity index is 1.73. The van der Waals surface area contributed by atoms with E-state index in [0.29, 0.717) is 10.0 Å². The largest absolute Gasteiger partial charge is 0.384 e. The second kappa shape index (κ2) is 5.07. The first-order valence-corrected chi connectivity index (χ1v) is 7.19. The van der Waals surface area contributed by atoms with E-state index in [1.165, 1.54) is 18.4 Å². The van der Waals surface area contributed by atoms with Crippen LogP contribution in [0.3, 0.4) is 0 Å². The molecule has 1 fully saturated rings. The van der Waals surface area contributed by atoms with E-state index in [2.05, 4.69) is 35.6 Å². The molecule has 1 aliphatic carbocycles. The van der Waals surface area contributed by atoms with Crippen LogP contribution >= 0.6 is 23.2 Å². The van der Waals surface area contributed by atoms with Crippen molar-refractivity contribution in [3.05, 3.63) is 64.1 Å². The Labute approximate surface area is 123 Å². The molecule has 1 saturated carbocycles. The van der Waals surface area contributed by atoms with E-state index in [1.54, 1.807) is 6.07 Å². The zero-order chi connectivity index (χ0) is 13.3. The molecule has 1 nitrogen and oxygen atoms in total. The molecule has 0 aliphatic heterocycles. The van der Waals surface area contributed by atoms with Crippen LogP contribution in [0.4, 0.5) is 5.69 Å². The van der Waals surface area contributed by atoms with Crippen LogP contribution in [-0.4, -0.2) is 6.54 Å². The van der Waals surface area contributed by atoms with Crippen LogP contribution in [0.15, 0.2) is 48.5 Å². The van der Waals surface area contributed by atoms with Gasteiger partial charge in [0, 0.05) is 27.7 Å². The number of anilines is 1. The summed E-state index contributed by atoms with van der Waals surface area (Å²) < 4.78 is 0. The van der Waals surface area contributed by atoms with Gasteiger partial charge in [-0.2, -0.15) is 0 Å². The van der Waals surface area contributed by atoms with Gasteiger partial charge in [-0.25, -0.2) is 0 Å². The summed E-state index contributed by atoms with van der Waals surface area (Å²) in [7, 11) is 0. The molecule has 3 rings (SSSR count). The molecule has 1 N–H and O–H groups in total. The van der Waals surface area contributed by atoms with Gasteiger partial charge in [0.1, 0.15) is 0 Å². The molecule has 98 valence electrons. The number of halogens is 2. The van der Waals surface area contributed by atoms with E-state index >= 15 is 0 Å². The number of hydrogen-bond donors (Lipinski definition) is 1. The van der Waals surface area contributed by atoms with Crippen molar-refractivity contribution in [1.29, 1.82) is 0 Å². The smallest absolute Gasteiger partial charge is 0.0441 e. The summed E-state index contributed by atoms with van der Waals surface area (Å²) >= 11 is 12.0. The van der Waals surface area contributed by atoms with Gasteiger partial charge in [0.15, 0.2) is 0 Å². The number of hydrogen-bond acceptors (Lipinski definition) is 1. The lowest BCUT2D eigenvalue weighted by Crippen LogP contribution is -2.19. The summed E-state index contributed by atoms with van der Waals surface area (Å²) in [6.07, 6.45) is 2.47. The Morgan fingerprint density at radius 2 is 1.58 bits per heavy atom. The van der Waals surface area contributed by atoms with Gasteiger partial charge < -0.3 is 5.32 Å². The van der Waals surface area contributed by atoms with E-state index in [9.17, 15) is 0 Å². The molecule has 0 saturated heterocycles. The van der Waals surface area contributed by atoms with Crippen LogP contribution in [0, 0.1) is 0 Å². The zero-order valence-corrected chi connectivity index (χ0v) is 12.0. The first kappa shape index (κ1) is 12.8. The number of benzene rings is 2. The lowest BCUT2D eigenvalue weighted by atomic mass is 9.96. The SMILES string of the molecule is Clc1cc(Cl)cc(NCC2(c3ccccc3)CC2)c1. The summed E-state index contributed by atoms with van der Waals surface area (Å²) in [6, 6.07) is 16.3. The van der Waals surface area contributed by atoms with Gasteiger partial charge in [-0.05, 0) is 36.6 Å². The third-order valence-corrected chi connectivity index (χ3v) is 4.17. The molecule has 3 heteroatoms. The van der Waals surface area contributed by atoms with Crippen molar-refractivity contribution in [1.82, 2.24) is 0 Å². The highest BCUT2D eigenvalue weighted by Gasteiger charge is 2.43. The fourth-order valence-corrected chi connectivity index (χ4v) is 2.96. The minimum Gasteiger partial charge on any atom is -0.384 e. The Bertz CT molecular complexity index is 556. The van der Waals surface area contributed by atoms with E-state index < -0.39 is 0 Å². The Kier molecular flexibility index (Phi) is 3.42. The number of nitrogens with one attached hydrogen (secondary N) is 1. The summed E-state index contributed by atoms with van der Waals surface area (Å²) in [4.78, 5) is 0. The summed E-state index contributed by atoms with van der Waals surface area (Å²) in [5.41, 5.74) is 2.69. The van der Waals surface area contributed by atoms with Crippen molar-refractivity contribution in [2.75, 3.05) is 11.9 Å². The van der Waals surface area contributed by atoms with Crippen LogP contribution < -0.4 is 5.32 Å². The van der Waals surface area contributed by atoms with Crippen molar-refractivity contribution in [2.45, 2.75) is 18.3 Å². The first-order valence-electron chi connectivity index (χ1n) is 6.43. The minimum atomic E-state index is 0.288. The van der Waals surface area contributed by atoms with Gasteiger partial charge in [0.05, 0.1) is 0 Å². The van der Waals surface area contributed by atoms with E-state index in [1.807, 2.05) is 12.1 Å². The third kappa shape index (κ3) is 2.88. The Morgan fingerprint density at radius 1 is 0.947 bits per heavy atom. The fraction of sp³-hybridized carbons (Fsp3) is 0.250. The lowest BCUT2D eigenvalue weighted by Gasteiger charge is -2.17. The monoisotopic (exact) mass is 291 g/mol. The zero-order valence-electron chi connectivity index (χ0n) is 10.5. The summed E-state index contributed by atoms with van der Waals surface area (Å²) in [6.45, 7) is 0.924. The van der Waals surface area contributed by atoms with Crippen LogP contribution in [0.2, 0.25) is 10.0 Å². The van der Waals surface area contributed by atoms with E-state index in [0.717, 1.165) is 12.2 Å². The molecular formula is C16H15Cl2N. The molecule has 0 amide bonds. The van der Waals surface area contributed by atoms with Gasteiger partial charge in [-0.1, -0.05) is 53.5 Å². The fourth-order valence-electron chi connectivity index (χ4n) is 2.44. The normalized spacial score (nSPS) is 16.1. The maximum absolute atomic E-state index is 6.01. The van der Waals surface area contributed by atoms with Crippen LogP contribution in [0.5, 0.6) is 0 Å². The van der Waals surface area contributed by atoms with Gasteiger partial charge in [0.2, 0.25) is 0 Å². The molecule has 0 heterocycles.